The smallest absolute Gasteiger partial charge is 0.233 e. The van der Waals surface area contributed by atoms with E-state index in [1.54, 1.807) is 0 Å². The Morgan fingerprint density at radius 3 is 2.37 bits per heavy atom. The van der Waals surface area contributed by atoms with E-state index in [2.05, 4.69) is 19.2 Å². The number of nitrogens with two attached hydrogens (primary N) is 1. The number of thiocarbonyl (C=S) groups is 1. The van der Waals surface area contributed by atoms with Crippen molar-refractivity contribution in [2.75, 3.05) is 13.2 Å². The SMILES string of the molecule is CCCC(CCC)(C(=O)NC1(C)CCOC1)C(N)=S. The van der Waals surface area contributed by atoms with Gasteiger partial charge in [-0.3, -0.25) is 4.79 Å². The van der Waals surface area contributed by atoms with Crippen LogP contribution in [-0.2, 0) is 9.53 Å². The summed E-state index contributed by atoms with van der Waals surface area (Å²) >= 11 is 5.20. The van der Waals surface area contributed by atoms with Crippen LogP contribution in [0.15, 0.2) is 0 Å². The van der Waals surface area contributed by atoms with Crippen molar-refractivity contribution in [3.63, 3.8) is 0 Å². The Hall–Kier alpha value is -0.680. The van der Waals surface area contributed by atoms with Gasteiger partial charge in [0.15, 0.2) is 0 Å². The normalized spacial score (nSPS) is 23.3. The van der Waals surface area contributed by atoms with Gasteiger partial charge >= 0.3 is 0 Å². The fraction of sp³-hybridized carbons (Fsp3) is 0.857. The van der Waals surface area contributed by atoms with Crippen LogP contribution in [0.2, 0.25) is 0 Å². The number of nitrogens with one attached hydrogen (secondary N) is 1. The van der Waals surface area contributed by atoms with Crippen LogP contribution in [0.4, 0.5) is 0 Å². The average molecular weight is 286 g/mol. The molecular weight excluding hydrogens is 260 g/mol. The zero-order valence-corrected chi connectivity index (χ0v) is 13.1. The summed E-state index contributed by atoms with van der Waals surface area (Å²) in [4.78, 5) is 13.0. The zero-order chi connectivity index (χ0) is 14.5. The van der Waals surface area contributed by atoms with Crippen molar-refractivity contribution < 1.29 is 9.53 Å². The molecule has 5 heteroatoms. The van der Waals surface area contributed by atoms with Crippen molar-refractivity contribution in [3.8, 4) is 0 Å². The topological polar surface area (TPSA) is 64.3 Å². The summed E-state index contributed by atoms with van der Waals surface area (Å²) < 4.78 is 5.38. The Morgan fingerprint density at radius 1 is 1.42 bits per heavy atom. The lowest BCUT2D eigenvalue weighted by atomic mass is 9.77. The molecule has 0 aromatic rings. The van der Waals surface area contributed by atoms with Gasteiger partial charge in [-0.1, -0.05) is 38.9 Å². The quantitative estimate of drug-likeness (QED) is 0.704. The van der Waals surface area contributed by atoms with Gasteiger partial charge < -0.3 is 15.8 Å². The number of carbonyl (C=O) groups excluding carboxylic acids is 1. The van der Waals surface area contributed by atoms with E-state index >= 15 is 0 Å². The third kappa shape index (κ3) is 3.66. The molecule has 0 radical (unpaired) electrons. The first-order valence-corrected chi connectivity index (χ1v) is 7.51. The second kappa shape index (κ2) is 6.66. The predicted octanol–water partition coefficient (Wildman–Crippen LogP) is 2.15. The van der Waals surface area contributed by atoms with E-state index in [9.17, 15) is 4.79 Å². The lowest BCUT2D eigenvalue weighted by Gasteiger charge is -2.35. The Labute approximate surface area is 121 Å². The van der Waals surface area contributed by atoms with E-state index in [-0.39, 0.29) is 11.4 Å². The van der Waals surface area contributed by atoms with Crippen molar-refractivity contribution in [2.24, 2.45) is 11.1 Å². The largest absolute Gasteiger partial charge is 0.392 e. The molecule has 0 aromatic heterocycles. The second-order valence-electron chi connectivity index (χ2n) is 5.76. The van der Waals surface area contributed by atoms with Crippen LogP contribution >= 0.6 is 12.2 Å². The molecule has 1 aliphatic rings. The number of carbonyl (C=O) groups is 1. The van der Waals surface area contributed by atoms with Gasteiger partial charge in [0.1, 0.15) is 0 Å². The van der Waals surface area contributed by atoms with E-state index in [1.807, 2.05) is 6.92 Å². The van der Waals surface area contributed by atoms with E-state index in [1.165, 1.54) is 0 Å². The lowest BCUT2D eigenvalue weighted by molar-refractivity contribution is -0.130. The van der Waals surface area contributed by atoms with Crippen molar-refractivity contribution in [1.82, 2.24) is 5.32 Å². The average Bonchev–Trinajstić information content (AvgIpc) is 2.74. The molecule has 1 rings (SSSR count). The van der Waals surface area contributed by atoms with Crippen LogP contribution in [0.1, 0.15) is 52.9 Å². The van der Waals surface area contributed by atoms with Gasteiger partial charge in [-0.2, -0.15) is 0 Å². The highest BCUT2D eigenvalue weighted by Gasteiger charge is 2.43. The van der Waals surface area contributed by atoms with Crippen molar-refractivity contribution in [2.45, 2.75) is 58.4 Å². The molecular formula is C14H26N2O2S. The van der Waals surface area contributed by atoms with Crippen molar-refractivity contribution in [1.29, 1.82) is 0 Å². The molecule has 0 bridgehead atoms. The Morgan fingerprint density at radius 2 is 2.00 bits per heavy atom. The van der Waals surface area contributed by atoms with Gasteiger partial charge in [0.25, 0.3) is 0 Å². The van der Waals surface area contributed by atoms with Crippen LogP contribution in [0.25, 0.3) is 0 Å². The van der Waals surface area contributed by atoms with Gasteiger partial charge in [-0.05, 0) is 26.2 Å². The number of ether oxygens (including phenoxy) is 1. The maximum absolute atomic E-state index is 12.7. The van der Waals surface area contributed by atoms with E-state index < -0.39 is 5.41 Å². The minimum atomic E-state index is -0.704. The van der Waals surface area contributed by atoms with Crippen molar-refractivity contribution >= 4 is 23.1 Å². The van der Waals surface area contributed by atoms with Gasteiger partial charge in [0, 0.05) is 6.61 Å². The molecule has 19 heavy (non-hydrogen) atoms. The molecule has 110 valence electrons. The zero-order valence-electron chi connectivity index (χ0n) is 12.3. The van der Waals surface area contributed by atoms with Crippen LogP contribution < -0.4 is 11.1 Å². The van der Waals surface area contributed by atoms with Crippen LogP contribution in [0.3, 0.4) is 0 Å². The lowest BCUT2D eigenvalue weighted by Crippen LogP contribution is -2.56. The number of hydrogen-bond acceptors (Lipinski definition) is 3. The van der Waals surface area contributed by atoms with Crippen molar-refractivity contribution in [3.05, 3.63) is 0 Å². The molecule has 1 unspecified atom stereocenters. The van der Waals surface area contributed by atoms with E-state index in [4.69, 9.17) is 22.7 Å². The summed E-state index contributed by atoms with van der Waals surface area (Å²) in [6.07, 6.45) is 4.03. The maximum Gasteiger partial charge on any atom is 0.233 e. The first-order chi connectivity index (χ1) is 8.90. The summed E-state index contributed by atoms with van der Waals surface area (Å²) in [5, 5.41) is 3.12. The highest BCUT2D eigenvalue weighted by Crippen LogP contribution is 2.32. The third-order valence-corrected chi connectivity index (χ3v) is 4.28. The highest BCUT2D eigenvalue weighted by atomic mass is 32.1. The summed E-state index contributed by atoms with van der Waals surface area (Å²) in [6, 6.07) is 0. The van der Waals surface area contributed by atoms with Gasteiger partial charge in [0.2, 0.25) is 5.91 Å². The summed E-state index contributed by atoms with van der Waals surface area (Å²) in [7, 11) is 0. The first kappa shape index (κ1) is 16.4. The second-order valence-corrected chi connectivity index (χ2v) is 6.20. The molecule has 1 heterocycles. The van der Waals surface area contributed by atoms with Gasteiger partial charge in [-0.15, -0.1) is 0 Å². The fourth-order valence-corrected chi connectivity index (χ4v) is 3.02. The molecule has 1 saturated heterocycles. The van der Waals surface area contributed by atoms with E-state index in [0.717, 1.165) is 19.3 Å². The molecule has 0 aliphatic carbocycles. The molecule has 0 saturated carbocycles. The molecule has 1 atom stereocenters. The summed E-state index contributed by atoms with van der Waals surface area (Å²) in [6.45, 7) is 7.37. The molecule has 1 aliphatic heterocycles. The monoisotopic (exact) mass is 286 g/mol. The molecule has 3 N–H and O–H groups in total. The van der Waals surface area contributed by atoms with E-state index in [0.29, 0.717) is 31.0 Å². The number of rotatable bonds is 7. The number of amides is 1. The molecule has 1 amide bonds. The molecule has 0 spiro atoms. The number of hydrogen-bond donors (Lipinski definition) is 2. The minimum absolute atomic E-state index is 0.0308. The Kier molecular flexibility index (Phi) is 5.74. The molecule has 4 nitrogen and oxygen atoms in total. The maximum atomic E-state index is 12.7. The van der Waals surface area contributed by atoms with Gasteiger partial charge in [0.05, 0.1) is 22.5 Å². The Balaban J connectivity index is 2.89. The fourth-order valence-electron chi connectivity index (χ4n) is 2.72. The molecule has 0 aromatic carbocycles. The van der Waals surface area contributed by atoms with Crippen LogP contribution in [0.5, 0.6) is 0 Å². The summed E-state index contributed by atoms with van der Waals surface area (Å²) in [5.41, 5.74) is 4.91. The standard InChI is InChI=1S/C14H26N2O2S/c1-4-6-14(7-5-2,11(15)19)12(17)16-13(3)8-9-18-10-13/h4-10H2,1-3H3,(H2,15,19)(H,16,17). The van der Waals surface area contributed by atoms with Gasteiger partial charge in [-0.25, -0.2) is 0 Å². The first-order valence-electron chi connectivity index (χ1n) is 7.10. The molecule has 1 fully saturated rings. The predicted molar refractivity (Wildman–Crippen MR) is 81.0 cm³/mol. The Bertz CT molecular complexity index is 332. The van der Waals surface area contributed by atoms with Crippen LogP contribution in [-0.4, -0.2) is 29.6 Å². The minimum Gasteiger partial charge on any atom is -0.392 e. The third-order valence-electron chi connectivity index (χ3n) is 3.89. The summed E-state index contributed by atoms with van der Waals surface area (Å²) in [5.74, 6) is -0.0308. The highest BCUT2D eigenvalue weighted by molar-refractivity contribution is 7.80. The van der Waals surface area contributed by atoms with Crippen LogP contribution in [0, 0.1) is 5.41 Å².